The molecule has 0 saturated carbocycles. The fourth-order valence-electron chi connectivity index (χ4n) is 2.63. The number of ether oxygens (including phenoxy) is 1. The number of carboxylic acid groups (broad SMARTS) is 1. The summed E-state index contributed by atoms with van der Waals surface area (Å²) in [5, 5.41) is 13.9. The van der Waals surface area contributed by atoms with Gasteiger partial charge in [-0.15, -0.1) is 0 Å². The summed E-state index contributed by atoms with van der Waals surface area (Å²) in [4.78, 5) is 22.1. The first-order valence-electron chi connectivity index (χ1n) is 7.57. The monoisotopic (exact) mass is 306 g/mol. The minimum atomic E-state index is -0.926. The van der Waals surface area contributed by atoms with Gasteiger partial charge in [-0.2, -0.15) is 0 Å². The van der Waals surface area contributed by atoms with Crippen molar-refractivity contribution in [1.82, 2.24) is 10.6 Å². The molecule has 1 aliphatic rings. The van der Waals surface area contributed by atoms with E-state index in [0.29, 0.717) is 6.54 Å². The van der Waals surface area contributed by atoms with Crippen molar-refractivity contribution in [2.45, 2.75) is 25.4 Å². The number of hydrogen-bond donors (Lipinski definition) is 3. The van der Waals surface area contributed by atoms with Crippen LogP contribution in [0.15, 0.2) is 30.3 Å². The molecule has 120 valence electrons. The Morgan fingerprint density at radius 3 is 2.73 bits per heavy atom. The summed E-state index contributed by atoms with van der Waals surface area (Å²) >= 11 is 0. The molecule has 3 N–H and O–H groups in total. The Labute approximate surface area is 129 Å². The first-order valence-corrected chi connectivity index (χ1v) is 7.57. The molecule has 1 heterocycles. The van der Waals surface area contributed by atoms with Crippen LogP contribution in [0.2, 0.25) is 0 Å². The third kappa shape index (κ3) is 5.04. The van der Waals surface area contributed by atoms with Crippen molar-refractivity contribution < 1.29 is 19.4 Å². The summed E-state index contributed by atoms with van der Waals surface area (Å²) in [7, 11) is 0. The second kappa shape index (κ2) is 8.38. The average molecular weight is 306 g/mol. The van der Waals surface area contributed by atoms with Crippen LogP contribution in [0.3, 0.4) is 0 Å². The van der Waals surface area contributed by atoms with Gasteiger partial charge in [0.1, 0.15) is 0 Å². The van der Waals surface area contributed by atoms with Crippen molar-refractivity contribution in [2.75, 3.05) is 19.7 Å². The molecule has 0 radical (unpaired) electrons. The molecule has 2 amide bonds. The summed E-state index contributed by atoms with van der Waals surface area (Å²) in [5.74, 6) is -0.702. The van der Waals surface area contributed by atoms with Crippen LogP contribution in [0.1, 0.15) is 30.9 Å². The first kappa shape index (κ1) is 16.3. The topological polar surface area (TPSA) is 87.7 Å². The molecule has 6 heteroatoms. The number of carbonyl (C=O) groups is 2. The summed E-state index contributed by atoms with van der Waals surface area (Å²) in [6.07, 6.45) is 1.90. The van der Waals surface area contributed by atoms with Crippen LogP contribution in [0, 0.1) is 5.92 Å². The normalized spacial score (nSPS) is 21.1. The Kier molecular flexibility index (Phi) is 6.21. The van der Waals surface area contributed by atoms with Crippen molar-refractivity contribution in [2.24, 2.45) is 5.92 Å². The fraction of sp³-hybridized carbons (Fsp3) is 0.500. The summed E-state index contributed by atoms with van der Waals surface area (Å²) in [6, 6.07) is 9.67. The predicted octanol–water partition coefficient (Wildman–Crippen LogP) is 1.93. The molecule has 2 unspecified atom stereocenters. The molecule has 0 bridgehead atoms. The van der Waals surface area contributed by atoms with Gasteiger partial charge in [0.15, 0.2) is 0 Å². The number of nitrogens with one attached hydrogen (secondary N) is 2. The van der Waals surface area contributed by atoms with E-state index in [1.165, 1.54) is 0 Å². The lowest BCUT2D eigenvalue weighted by Crippen LogP contribution is -2.41. The molecule has 1 aromatic carbocycles. The number of rotatable bonds is 6. The van der Waals surface area contributed by atoms with Crippen LogP contribution in [0.25, 0.3) is 0 Å². The van der Waals surface area contributed by atoms with Crippen LogP contribution in [-0.2, 0) is 9.53 Å². The van der Waals surface area contributed by atoms with E-state index in [4.69, 9.17) is 9.84 Å². The summed E-state index contributed by atoms with van der Waals surface area (Å²) < 4.78 is 5.87. The highest BCUT2D eigenvalue weighted by molar-refractivity contribution is 5.74. The van der Waals surface area contributed by atoms with Gasteiger partial charge in [0.05, 0.1) is 12.5 Å². The van der Waals surface area contributed by atoms with E-state index in [1.54, 1.807) is 0 Å². The van der Waals surface area contributed by atoms with E-state index in [0.717, 1.165) is 25.0 Å². The van der Waals surface area contributed by atoms with E-state index in [1.807, 2.05) is 30.3 Å². The quantitative estimate of drug-likeness (QED) is 0.749. The van der Waals surface area contributed by atoms with Gasteiger partial charge >= 0.3 is 12.0 Å². The molecule has 1 aliphatic heterocycles. The van der Waals surface area contributed by atoms with Crippen LogP contribution in [0.5, 0.6) is 0 Å². The molecule has 0 spiro atoms. The minimum absolute atomic E-state index is 0.00531. The second-order valence-electron chi connectivity index (χ2n) is 5.38. The molecule has 0 aromatic heterocycles. The zero-order chi connectivity index (χ0) is 15.8. The minimum Gasteiger partial charge on any atom is -0.481 e. The third-order valence-corrected chi connectivity index (χ3v) is 3.72. The summed E-state index contributed by atoms with van der Waals surface area (Å²) in [5.41, 5.74) is 1.13. The standard InChI is InChI=1S/C16H22N2O4/c19-14(20)8-9-17-16(21)18-11-13-7-4-10-22-15(13)12-5-2-1-3-6-12/h1-3,5-6,13,15H,4,7-11H2,(H,19,20)(H2,17,18,21). The molecule has 0 aliphatic carbocycles. The summed E-state index contributed by atoms with van der Waals surface area (Å²) in [6.45, 7) is 1.38. The average Bonchev–Trinajstić information content (AvgIpc) is 2.54. The second-order valence-corrected chi connectivity index (χ2v) is 5.38. The SMILES string of the molecule is O=C(O)CCNC(=O)NCC1CCCOC1c1ccccc1. The smallest absolute Gasteiger partial charge is 0.314 e. The van der Waals surface area contributed by atoms with Crippen molar-refractivity contribution in [3.8, 4) is 0 Å². The Hall–Kier alpha value is -2.08. The Balaban J connectivity index is 1.82. The maximum Gasteiger partial charge on any atom is 0.314 e. The van der Waals surface area contributed by atoms with Gasteiger partial charge in [0.25, 0.3) is 0 Å². The van der Waals surface area contributed by atoms with Crippen LogP contribution in [-0.4, -0.2) is 36.8 Å². The van der Waals surface area contributed by atoms with Gasteiger partial charge < -0.3 is 20.5 Å². The van der Waals surface area contributed by atoms with Crippen LogP contribution in [0.4, 0.5) is 4.79 Å². The molecule has 6 nitrogen and oxygen atoms in total. The van der Waals surface area contributed by atoms with Gasteiger partial charge in [-0.1, -0.05) is 30.3 Å². The highest BCUT2D eigenvalue weighted by Crippen LogP contribution is 2.32. The highest BCUT2D eigenvalue weighted by Gasteiger charge is 2.27. The van der Waals surface area contributed by atoms with Gasteiger partial charge in [0.2, 0.25) is 0 Å². The molecule has 1 fully saturated rings. The van der Waals surface area contributed by atoms with Crippen molar-refractivity contribution in [3.05, 3.63) is 35.9 Å². The van der Waals surface area contributed by atoms with E-state index >= 15 is 0 Å². The van der Waals surface area contributed by atoms with E-state index in [9.17, 15) is 9.59 Å². The van der Waals surface area contributed by atoms with Crippen molar-refractivity contribution >= 4 is 12.0 Å². The number of aliphatic carboxylic acids is 1. The number of benzene rings is 1. The maximum absolute atomic E-state index is 11.7. The third-order valence-electron chi connectivity index (χ3n) is 3.72. The molecule has 1 aromatic rings. The largest absolute Gasteiger partial charge is 0.481 e. The number of hydrogen-bond acceptors (Lipinski definition) is 3. The number of amides is 2. The molecular weight excluding hydrogens is 284 g/mol. The molecule has 22 heavy (non-hydrogen) atoms. The first-order chi connectivity index (χ1) is 10.7. The van der Waals surface area contributed by atoms with E-state index in [-0.39, 0.29) is 31.0 Å². The molecule has 2 atom stereocenters. The Morgan fingerprint density at radius 2 is 2.00 bits per heavy atom. The number of carbonyl (C=O) groups excluding carboxylic acids is 1. The fourth-order valence-corrected chi connectivity index (χ4v) is 2.63. The predicted molar refractivity (Wildman–Crippen MR) is 81.5 cm³/mol. The molecular formula is C16H22N2O4. The number of carboxylic acids is 1. The number of urea groups is 1. The lowest BCUT2D eigenvalue weighted by molar-refractivity contribution is -0.136. The van der Waals surface area contributed by atoms with E-state index < -0.39 is 5.97 Å². The Morgan fingerprint density at radius 1 is 1.23 bits per heavy atom. The van der Waals surface area contributed by atoms with Gasteiger partial charge in [0, 0.05) is 25.6 Å². The van der Waals surface area contributed by atoms with Gasteiger partial charge in [-0.3, -0.25) is 4.79 Å². The van der Waals surface area contributed by atoms with Crippen molar-refractivity contribution in [3.63, 3.8) is 0 Å². The van der Waals surface area contributed by atoms with Crippen LogP contribution < -0.4 is 10.6 Å². The van der Waals surface area contributed by atoms with Gasteiger partial charge in [-0.25, -0.2) is 4.79 Å². The zero-order valence-electron chi connectivity index (χ0n) is 12.5. The molecule has 1 saturated heterocycles. The zero-order valence-corrected chi connectivity index (χ0v) is 12.5. The lowest BCUT2D eigenvalue weighted by atomic mass is 9.89. The van der Waals surface area contributed by atoms with E-state index in [2.05, 4.69) is 10.6 Å². The van der Waals surface area contributed by atoms with Gasteiger partial charge in [-0.05, 0) is 18.4 Å². The van der Waals surface area contributed by atoms with Crippen molar-refractivity contribution in [1.29, 1.82) is 0 Å². The van der Waals surface area contributed by atoms with Crippen LogP contribution >= 0.6 is 0 Å². The Bertz CT molecular complexity index is 492. The lowest BCUT2D eigenvalue weighted by Gasteiger charge is -2.32. The molecule has 2 rings (SSSR count). The highest BCUT2D eigenvalue weighted by atomic mass is 16.5. The maximum atomic E-state index is 11.7.